The lowest BCUT2D eigenvalue weighted by Crippen LogP contribution is -2.30. The van der Waals surface area contributed by atoms with Crippen LogP contribution < -0.4 is 9.47 Å². The smallest absolute Gasteiger partial charge is 0.303 e. The highest BCUT2D eigenvalue weighted by Crippen LogP contribution is 2.46. The second-order valence-corrected chi connectivity index (χ2v) is 9.18. The molecule has 172 valence electrons. The second kappa shape index (κ2) is 9.47. The molecular weight excluding hydrogens is 414 g/mol. The van der Waals surface area contributed by atoms with Crippen LogP contribution in [0.1, 0.15) is 62.0 Å². The first-order valence-electron chi connectivity index (χ1n) is 11.4. The largest absolute Gasteiger partial charge is 0.497 e. The minimum Gasteiger partial charge on any atom is -0.497 e. The van der Waals surface area contributed by atoms with E-state index in [2.05, 4.69) is 0 Å². The number of ether oxygens (including phenoxy) is 2. The maximum absolute atomic E-state index is 15.6. The van der Waals surface area contributed by atoms with E-state index in [1.807, 2.05) is 24.3 Å². The number of hydrogen-bond donors (Lipinski definition) is 1. The molecule has 1 atom stereocenters. The summed E-state index contributed by atoms with van der Waals surface area (Å²) in [5.74, 6) is 0.508. The maximum Gasteiger partial charge on any atom is 0.303 e. The molecule has 0 saturated heterocycles. The summed E-state index contributed by atoms with van der Waals surface area (Å²) >= 11 is 0. The van der Waals surface area contributed by atoms with Gasteiger partial charge in [-0.1, -0.05) is 12.1 Å². The first-order chi connectivity index (χ1) is 15.4. The van der Waals surface area contributed by atoms with Crippen LogP contribution in [-0.4, -0.2) is 24.8 Å². The van der Waals surface area contributed by atoms with Crippen LogP contribution in [0.25, 0.3) is 0 Å². The van der Waals surface area contributed by atoms with Crippen molar-refractivity contribution in [2.45, 2.75) is 56.5 Å². The zero-order chi connectivity index (χ0) is 22.7. The number of rotatable bonds is 9. The number of hydrogen-bond acceptors (Lipinski definition) is 3. The Morgan fingerprint density at radius 2 is 1.88 bits per heavy atom. The Hall–Kier alpha value is -2.63. The van der Waals surface area contributed by atoms with Gasteiger partial charge in [-0.2, -0.15) is 0 Å². The van der Waals surface area contributed by atoms with Crippen molar-refractivity contribution in [3.05, 3.63) is 59.4 Å². The third-order valence-electron chi connectivity index (χ3n) is 6.91. The van der Waals surface area contributed by atoms with Gasteiger partial charge in [0.2, 0.25) is 0 Å². The predicted molar refractivity (Wildman–Crippen MR) is 117 cm³/mol. The van der Waals surface area contributed by atoms with E-state index in [4.69, 9.17) is 9.47 Å². The fourth-order valence-electron chi connectivity index (χ4n) is 4.84. The lowest BCUT2D eigenvalue weighted by atomic mass is 9.76. The maximum atomic E-state index is 15.6. The molecule has 32 heavy (non-hydrogen) atoms. The van der Waals surface area contributed by atoms with E-state index in [1.165, 1.54) is 25.3 Å². The number of benzene rings is 2. The van der Waals surface area contributed by atoms with Crippen LogP contribution in [0.4, 0.5) is 8.78 Å². The molecular formula is C26H30F2O4. The second-order valence-electron chi connectivity index (χ2n) is 9.18. The SMILES string of the molecule is COc1ccc(F)c(C2(F)CCC(COc3cccc([C@@H](CC(=O)O)C4CC4)c3)CC2)c1. The summed E-state index contributed by atoms with van der Waals surface area (Å²) in [5, 5.41) is 9.24. The molecule has 0 unspecified atom stereocenters. The van der Waals surface area contributed by atoms with Crippen molar-refractivity contribution in [1.29, 1.82) is 0 Å². The third kappa shape index (κ3) is 5.22. The molecule has 4 rings (SSSR count). The Balaban J connectivity index is 1.35. The summed E-state index contributed by atoms with van der Waals surface area (Å²) in [6.45, 7) is 0.465. The van der Waals surface area contributed by atoms with Crippen molar-refractivity contribution in [1.82, 2.24) is 0 Å². The van der Waals surface area contributed by atoms with Crippen molar-refractivity contribution < 1.29 is 28.2 Å². The van der Waals surface area contributed by atoms with Crippen molar-refractivity contribution >= 4 is 5.97 Å². The van der Waals surface area contributed by atoms with Gasteiger partial charge in [0.05, 0.1) is 20.1 Å². The molecule has 0 aliphatic heterocycles. The highest BCUT2D eigenvalue weighted by Gasteiger charge is 2.39. The molecule has 2 fully saturated rings. The Morgan fingerprint density at radius 3 is 2.53 bits per heavy atom. The topological polar surface area (TPSA) is 55.8 Å². The van der Waals surface area contributed by atoms with Gasteiger partial charge in [-0.05, 0) is 92.2 Å². The Morgan fingerprint density at radius 1 is 1.12 bits per heavy atom. The molecule has 2 aliphatic carbocycles. The highest BCUT2D eigenvalue weighted by atomic mass is 19.1. The number of halogens is 2. The molecule has 0 heterocycles. The summed E-state index contributed by atoms with van der Waals surface area (Å²) in [6, 6.07) is 11.9. The van der Waals surface area contributed by atoms with Crippen LogP contribution in [0.3, 0.4) is 0 Å². The van der Waals surface area contributed by atoms with Crippen molar-refractivity contribution in [3.63, 3.8) is 0 Å². The molecule has 0 amide bonds. The van der Waals surface area contributed by atoms with E-state index in [0.29, 0.717) is 31.1 Å². The normalized spacial score (nSPS) is 24.0. The number of aliphatic carboxylic acids is 1. The van der Waals surface area contributed by atoms with E-state index in [1.54, 1.807) is 0 Å². The minimum absolute atomic E-state index is 0.0237. The van der Waals surface area contributed by atoms with E-state index in [0.717, 1.165) is 24.2 Å². The van der Waals surface area contributed by atoms with Gasteiger partial charge < -0.3 is 14.6 Å². The van der Waals surface area contributed by atoms with Crippen LogP contribution in [0.15, 0.2) is 42.5 Å². The molecule has 6 heteroatoms. The van der Waals surface area contributed by atoms with Gasteiger partial charge in [0.15, 0.2) is 0 Å². The molecule has 0 radical (unpaired) electrons. The zero-order valence-corrected chi connectivity index (χ0v) is 18.4. The fraction of sp³-hybridized carbons (Fsp3) is 0.500. The first kappa shape index (κ1) is 22.6. The summed E-state index contributed by atoms with van der Waals surface area (Å²) in [7, 11) is 1.49. The number of methoxy groups -OCH3 is 1. The van der Waals surface area contributed by atoms with E-state index < -0.39 is 17.5 Å². The zero-order valence-electron chi connectivity index (χ0n) is 18.4. The fourth-order valence-corrected chi connectivity index (χ4v) is 4.84. The Labute approximate surface area is 187 Å². The molecule has 1 N–H and O–H groups in total. The van der Waals surface area contributed by atoms with Crippen LogP contribution in [0, 0.1) is 17.7 Å². The molecule has 2 aromatic carbocycles. The molecule has 0 bridgehead atoms. The number of carbonyl (C=O) groups is 1. The lowest BCUT2D eigenvalue weighted by Gasteiger charge is -2.34. The summed E-state index contributed by atoms with van der Waals surface area (Å²) in [6.07, 6.45) is 3.98. The third-order valence-corrected chi connectivity index (χ3v) is 6.91. The van der Waals surface area contributed by atoms with Crippen molar-refractivity contribution in [2.24, 2.45) is 11.8 Å². The first-order valence-corrected chi connectivity index (χ1v) is 11.4. The molecule has 2 aromatic rings. The minimum atomic E-state index is -1.69. The van der Waals surface area contributed by atoms with Crippen LogP contribution in [0.2, 0.25) is 0 Å². The standard InChI is InChI=1S/C26H30F2O4/c1-31-20-7-8-24(27)23(14-20)26(28)11-9-17(10-12-26)16-32-21-4-2-3-19(13-21)22(15-25(29)30)18-5-6-18/h2-4,7-8,13-14,17-18,22H,5-6,9-12,15-16H2,1H3,(H,29,30)/t17?,22-,26?/m0/s1. The van der Waals surface area contributed by atoms with Gasteiger partial charge in [-0.3, -0.25) is 4.79 Å². The predicted octanol–water partition coefficient (Wildman–Crippen LogP) is 6.24. The van der Waals surface area contributed by atoms with E-state index >= 15 is 4.39 Å². The van der Waals surface area contributed by atoms with Crippen LogP contribution >= 0.6 is 0 Å². The highest BCUT2D eigenvalue weighted by molar-refractivity contribution is 5.68. The number of carboxylic acids is 1. The van der Waals surface area contributed by atoms with Gasteiger partial charge in [0.25, 0.3) is 0 Å². The molecule has 2 saturated carbocycles. The molecule has 4 nitrogen and oxygen atoms in total. The molecule has 0 aromatic heterocycles. The average molecular weight is 445 g/mol. The monoisotopic (exact) mass is 444 g/mol. The van der Waals surface area contributed by atoms with Gasteiger partial charge in [0.1, 0.15) is 23.0 Å². The Bertz CT molecular complexity index is 949. The van der Waals surface area contributed by atoms with Crippen LogP contribution in [0.5, 0.6) is 11.5 Å². The summed E-state index contributed by atoms with van der Waals surface area (Å²) in [4.78, 5) is 11.3. The lowest BCUT2D eigenvalue weighted by molar-refractivity contribution is -0.137. The summed E-state index contributed by atoms with van der Waals surface area (Å²) in [5.41, 5.74) is -0.607. The van der Waals surface area contributed by atoms with Crippen LogP contribution in [-0.2, 0) is 10.5 Å². The summed E-state index contributed by atoms with van der Waals surface area (Å²) < 4.78 is 41.0. The van der Waals surface area contributed by atoms with Gasteiger partial charge in [-0.15, -0.1) is 0 Å². The quantitative estimate of drug-likeness (QED) is 0.498. The number of alkyl halides is 1. The van der Waals surface area contributed by atoms with E-state index in [-0.39, 0.29) is 36.7 Å². The number of carboxylic acid groups (broad SMARTS) is 1. The Kier molecular flexibility index (Phi) is 6.68. The van der Waals surface area contributed by atoms with Gasteiger partial charge >= 0.3 is 5.97 Å². The van der Waals surface area contributed by atoms with Crippen molar-refractivity contribution in [2.75, 3.05) is 13.7 Å². The molecule has 2 aliphatic rings. The molecule has 0 spiro atoms. The van der Waals surface area contributed by atoms with Gasteiger partial charge in [0, 0.05) is 5.56 Å². The van der Waals surface area contributed by atoms with Gasteiger partial charge in [-0.25, -0.2) is 8.78 Å². The van der Waals surface area contributed by atoms with Crippen molar-refractivity contribution in [3.8, 4) is 11.5 Å². The van der Waals surface area contributed by atoms with E-state index in [9.17, 15) is 14.3 Å². The average Bonchev–Trinajstić information content (AvgIpc) is 3.63.